The number of nitrogens with two attached hydrogens (primary N) is 1. The average Bonchev–Trinajstić information content (AvgIpc) is 3.04. The van der Waals surface area contributed by atoms with Crippen LogP contribution in [-0.2, 0) is 4.79 Å². The van der Waals surface area contributed by atoms with Crippen LogP contribution in [0.1, 0.15) is 45.6 Å². The van der Waals surface area contributed by atoms with Crippen LogP contribution in [0, 0.1) is 5.92 Å². The molecule has 1 saturated carbocycles. The maximum absolute atomic E-state index is 12.3. The molecule has 3 amide bonds. The smallest absolute Gasteiger partial charge is 0.318 e. The van der Waals surface area contributed by atoms with Crippen molar-refractivity contribution in [1.29, 1.82) is 0 Å². The lowest BCUT2D eigenvalue weighted by molar-refractivity contribution is -0.120. The number of imide groups is 1. The Morgan fingerprint density at radius 2 is 1.92 bits per heavy atom. The summed E-state index contributed by atoms with van der Waals surface area (Å²) in [6.45, 7) is 5.89. The summed E-state index contributed by atoms with van der Waals surface area (Å²) in [6.07, 6.45) is 4.59. The first-order valence-electron chi connectivity index (χ1n) is 8.44. The van der Waals surface area contributed by atoms with E-state index < -0.39 is 11.3 Å². The number of hydrogen-bond donors (Lipinski definition) is 2. The van der Waals surface area contributed by atoms with Gasteiger partial charge < -0.3 is 10.6 Å². The summed E-state index contributed by atoms with van der Waals surface area (Å²) >= 11 is 1.36. The number of rotatable bonds is 6. The number of urea groups is 1. The highest BCUT2D eigenvalue weighted by atomic mass is 32.2. The molecule has 8 nitrogen and oxygen atoms in total. The Morgan fingerprint density at radius 3 is 2.46 bits per heavy atom. The van der Waals surface area contributed by atoms with Gasteiger partial charge in [-0.3, -0.25) is 14.7 Å². The molecule has 1 aromatic rings. The largest absolute Gasteiger partial charge is 0.351 e. The molecule has 0 aromatic carbocycles. The highest BCUT2D eigenvalue weighted by Crippen LogP contribution is 2.42. The fraction of sp³-hybridized carbons (Fsp3) is 0.733. The highest BCUT2D eigenvalue weighted by molar-refractivity contribution is 8.00. The molecule has 1 aliphatic heterocycles. The molecule has 2 fully saturated rings. The minimum Gasteiger partial charge on any atom is -0.351 e. The van der Waals surface area contributed by atoms with E-state index in [-0.39, 0.29) is 11.8 Å². The Kier molecular flexibility index (Phi) is 4.98. The van der Waals surface area contributed by atoms with E-state index >= 15 is 0 Å². The number of carbonyl (C=O) groups is 2. The van der Waals surface area contributed by atoms with Gasteiger partial charge in [0.05, 0.1) is 5.25 Å². The molecule has 132 valence electrons. The number of anilines is 1. The molecule has 0 radical (unpaired) electrons. The van der Waals surface area contributed by atoms with Crippen LogP contribution in [0.2, 0.25) is 0 Å². The third kappa shape index (κ3) is 3.66. The highest BCUT2D eigenvalue weighted by Gasteiger charge is 2.35. The van der Waals surface area contributed by atoms with Crippen LogP contribution < -0.4 is 16.0 Å². The fourth-order valence-electron chi connectivity index (χ4n) is 2.93. The first kappa shape index (κ1) is 17.1. The molecule has 0 bridgehead atoms. The monoisotopic (exact) mass is 352 g/mol. The van der Waals surface area contributed by atoms with Gasteiger partial charge in [-0.1, -0.05) is 25.6 Å². The Hall–Kier alpha value is -1.77. The number of nitrogens with zero attached hydrogens (tertiary/aromatic N) is 4. The van der Waals surface area contributed by atoms with Gasteiger partial charge in [-0.15, -0.1) is 10.2 Å². The van der Waals surface area contributed by atoms with Gasteiger partial charge in [0.2, 0.25) is 11.9 Å². The zero-order valence-corrected chi connectivity index (χ0v) is 14.9. The molecular formula is C15H24N6O2S. The topological polar surface area (TPSA) is 106 Å². The Balaban J connectivity index is 1.82. The maximum Gasteiger partial charge on any atom is 0.318 e. The lowest BCUT2D eigenvalue weighted by atomic mass is 10.1. The van der Waals surface area contributed by atoms with E-state index in [2.05, 4.69) is 25.0 Å². The lowest BCUT2D eigenvalue weighted by Crippen LogP contribution is -2.42. The zero-order chi connectivity index (χ0) is 17.3. The number of carbonyl (C=O) groups excluding carboxylic acids is 2. The average molecular weight is 352 g/mol. The van der Waals surface area contributed by atoms with Crippen LogP contribution in [0.4, 0.5) is 10.7 Å². The molecule has 2 aliphatic rings. The Morgan fingerprint density at radius 1 is 1.25 bits per heavy atom. The number of aromatic nitrogens is 3. The molecule has 9 heteroatoms. The third-order valence-electron chi connectivity index (χ3n) is 4.29. The molecule has 1 saturated heterocycles. The Bertz CT molecular complexity index is 621. The summed E-state index contributed by atoms with van der Waals surface area (Å²) in [7, 11) is 0. The SMILES string of the molecule is CC(C)C(Sc1nnc(N2CCCC2)n1C1CC1)C(=O)NC(N)=O. The fourth-order valence-corrected chi connectivity index (χ4v) is 4.03. The van der Waals surface area contributed by atoms with Crippen molar-refractivity contribution in [2.75, 3.05) is 18.0 Å². The number of primary amides is 1. The molecule has 3 N–H and O–H groups in total. The third-order valence-corrected chi connectivity index (χ3v) is 5.79. The standard InChI is InChI=1S/C15H24N6O2S/c1-9(2)11(12(22)17-13(16)23)24-15-19-18-14(20-7-3-4-8-20)21(15)10-5-6-10/h9-11H,3-8H2,1-2H3,(H3,16,17,22,23). The molecule has 1 atom stereocenters. The van der Waals surface area contributed by atoms with E-state index in [4.69, 9.17) is 5.73 Å². The van der Waals surface area contributed by atoms with E-state index in [0.717, 1.165) is 37.0 Å². The summed E-state index contributed by atoms with van der Waals surface area (Å²) in [5.74, 6) is 0.569. The van der Waals surface area contributed by atoms with Gasteiger partial charge in [-0.2, -0.15) is 0 Å². The molecule has 3 rings (SSSR count). The number of nitrogens with one attached hydrogen (secondary N) is 1. The van der Waals surface area contributed by atoms with Gasteiger partial charge in [-0.05, 0) is 31.6 Å². The normalized spacial score (nSPS) is 18.9. The summed E-state index contributed by atoms with van der Waals surface area (Å²) < 4.78 is 2.17. The van der Waals surface area contributed by atoms with Crippen molar-refractivity contribution in [3.63, 3.8) is 0 Å². The summed E-state index contributed by atoms with van der Waals surface area (Å²) in [5, 5.41) is 11.2. The molecule has 24 heavy (non-hydrogen) atoms. The van der Waals surface area contributed by atoms with Gasteiger partial charge >= 0.3 is 6.03 Å². The van der Waals surface area contributed by atoms with Gasteiger partial charge in [-0.25, -0.2) is 4.79 Å². The molecular weight excluding hydrogens is 328 g/mol. The van der Waals surface area contributed by atoms with Crippen LogP contribution in [0.25, 0.3) is 0 Å². The van der Waals surface area contributed by atoms with Crippen LogP contribution in [0.15, 0.2) is 5.16 Å². The maximum atomic E-state index is 12.3. The molecule has 1 aromatic heterocycles. The minimum absolute atomic E-state index is 0.0361. The second-order valence-electron chi connectivity index (χ2n) is 6.71. The first-order valence-corrected chi connectivity index (χ1v) is 9.32. The Labute approximate surface area is 145 Å². The van der Waals surface area contributed by atoms with Gasteiger partial charge in [0.25, 0.3) is 0 Å². The minimum atomic E-state index is -0.826. The summed E-state index contributed by atoms with van der Waals surface area (Å²) in [6, 6.07) is -0.405. The van der Waals surface area contributed by atoms with E-state index in [9.17, 15) is 9.59 Å². The molecule has 1 unspecified atom stereocenters. The molecule has 0 spiro atoms. The van der Waals surface area contributed by atoms with Crippen molar-refractivity contribution in [2.45, 2.75) is 56.0 Å². The van der Waals surface area contributed by atoms with Crippen molar-refractivity contribution in [1.82, 2.24) is 20.1 Å². The van der Waals surface area contributed by atoms with E-state index in [1.807, 2.05) is 13.8 Å². The predicted octanol–water partition coefficient (Wildman–Crippen LogP) is 1.52. The summed E-state index contributed by atoms with van der Waals surface area (Å²) in [5.41, 5.74) is 5.08. The van der Waals surface area contributed by atoms with Crippen molar-refractivity contribution >= 4 is 29.6 Å². The van der Waals surface area contributed by atoms with Crippen molar-refractivity contribution in [3.8, 4) is 0 Å². The molecule has 1 aliphatic carbocycles. The lowest BCUT2D eigenvalue weighted by Gasteiger charge is -2.21. The van der Waals surface area contributed by atoms with E-state index in [1.165, 1.54) is 24.6 Å². The van der Waals surface area contributed by atoms with E-state index in [1.54, 1.807) is 0 Å². The van der Waals surface area contributed by atoms with Crippen molar-refractivity contribution < 1.29 is 9.59 Å². The number of amides is 3. The van der Waals surface area contributed by atoms with Gasteiger partial charge in [0.1, 0.15) is 0 Å². The first-order chi connectivity index (χ1) is 11.5. The molecule has 2 heterocycles. The van der Waals surface area contributed by atoms with Crippen LogP contribution in [0.3, 0.4) is 0 Å². The van der Waals surface area contributed by atoms with Crippen LogP contribution >= 0.6 is 11.8 Å². The van der Waals surface area contributed by atoms with Gasteiger partial charge in [0, 0.05) is 19.1 Å². The zero-order valence-electron chi connectivity index (χ0n) is 14.1. The van der Waals surface area contributed by atoms with Crippen LogP contribution in [0.5, 0.6) is 0 Å². The van der Waals surface area contributed by atoms with Crippen molar-refractivity contribution in [2.24, 2.45) is 11.7 Å². The summed E-state index contributed by atoms with van der Waals surface area (Å²) in [4.78, 5) is 25.5. The van der Waals surface area contributed by atoms with Crippen LogP contribution in [-0.4, -0.2) is 45.0 Å². The quantitative estimate of drug-likeness (QED) is 0.752. The van der Waals surface area contributed by atoms with Crippen molar-refractivity contribution in [3.05, 3.63) is 0 Å². The van der Waals surface area contributed by atoms with Gasteiger partial charge in [0.15, 0.2) is 5.16 Å². The van der Waals surface area contributed by atoms with E-state index in [0.29, 0.717) is 6.04 Å². The number of hydrogen-bond acceptors (Lipinski definition) is 6. The second-order valence-corrected chi connectivity index (χ2v) is 7.82. The second kappa shape index (κ2) is 7.00. The number of thioether (sulfide) groups is 1. The predicted molar refractivity (Wildman–Crippen MR) is 91.9 cm³/mol.